The Labute approximate surface area is 320 Å². The fraction of sp³-hybridized carbons (Fsp3) is 0.362. The molecule has 4 aliphatic rings. The van der Waals surface area contributed by atoms with Crippen molar-refractivity contribution in [2.75, 3.05) is 32.8 Å². The van der Waals surface area contributed by atoms with Crippen molar-refractivity contribution in [3.05, 3.63) is 118 Å². The van der Waals surface area contributed by atoms with Crippen LogP contribution in [0.25, 0.3) is 28.0 Å². The maximum Gasteiger partial charge on any atom is 0.485 e. The minimum Gasteiger partial charge on any atom is -0.497 e. The van der Waals surface area contributed by atoms with E-state index in [0.29, 0.717) is 27.7 Å². The Kier molecular flexibility index (Phi) is 7.73. The van der Waals surface area contributed by atoms with E-state index in [1.165, 1.54) is 12.7 Å². The summed E-state index contributed by atoms with van der Waals surface area (Å²) >= 11 is 0. The van der Waals surface area contributed by atoms with Crippen molar-refractivity contribution in [3.8, 4) is 34.1 Å². The Bertz CT molecular complexity index is 2330. The van der Waals surface area contributed by atoms with Crippen LogP contribution in [0.2, 0.25) is 0 Å². The lowest BCUT2D eigenvalue weighted by Gasteiger charge is -2.52. The Hall–Kier alpha value is -5.11. The summed E-state index contributed by atoms with van der Waals surface area (Å²) in [6, 6.07) is 26.1. The van der Waals surface area contributed by atoms with E-state index >= 15 is 0 Å². The molecule has 0 unspecified atom stereocenters. The molecule has 1 fully saturated rings. The molecule has 5 nitrogen and oxygen atoms in total. The topological polar surface area (TPSA) is 40.2 Å². The zero-order valence-corrected chi connectivity index (χ0v) is 32.4. The molecule has 0 amide bonds. The number of nitrogens with zero attached hydrogens (tertiary/aromatic N) is 1. The first-order valence-electron chi connectivity index (χ1n) is 19.0. The first kappa shape index (κ1) is 35.6. The number of methoxy groups -OCH3 is 3. The Balaban J connectivity index is 1.43. The number of alkyl halides is 3. The van der Waals surface area contributed by atoms with Crippen LogP contribution >= 0.6 is 0 Å². The second kappa shape index (κ2) is 11.9. The van der Waals surface area contributed by atoms with Crippen LogP contribution in [0.1, 0.15) is 80.3 Å². The monoisotopic (exact) mass is 745 g/mol. The second-order valence-corrected chi connectivity index (χ2v) is 17.3. The Morgan fingerprint density at radius 1 is 0.745 bits per heavy atom. The largest absolute Gasteiger partial charge is 0.497 e. The van der Waals surface area contributed by atoms with Gasteiger partial charge in [-0.05, 0) is 106 Å². The number of rotatable bonds is 5. The highest BCUT2D eigenvalue weighted by Gasteiger charge is 2.56. The minimum absolute atomic E-state index is 0.0115. The van der Waals surface area contributed by atoms with E-state index < -0.39 is 17.3 Å². The minimum atomic E-state index is -4.57. The molecule has 2 heterocycles. The summed E-state index contributed by atoms with van der Waals surface area (Å²) in [5, 5.41) is 1.56. The van der Waals surface area contributed by atoms with Crippen LogP contribution in [0, 0.1) is 10.8 Å². The van der Waals surface area contributed by atoms with E-state index in [4.69, 9.17) is 18.9 Å². The fourth-order valence-electron chi connectivity index (χ4n) is 11.3. The lowest BCUT2D eigenvalue weighted by Crippen LogP contribution is -2.44. The van der Waals surface area contributed by atoms with Gasteiger partial charge >= 0.3 is 6.30 Å². The van der Waals surface area contributed by atoms with Gasteiger partial charge in [-0.25, -0.2) is 0 Å². The number of anilines is 1. The highest BCUT2D eigenvalue weighted by atomic mass is 19.4. The molecule has 1 spiro atoms. The van der Waals surface area contributed by atoms with Crippen LogP contribution in [0.4, 0.5) is 18.9 Å². The predicted octanol–water partition coefficient (Wildman–Crippen LogP) is 11.6. The third kappa shape index (κ3) is 5.19. The van der Waals surface area contributed by atoms with Gasteiger partial charge in [0.25, 0.3) is 0 Å². The number of fused-ring (bicyclic) bond motifs is 12. The lowest BCUT2D eigenvalue weighted by molar-refractivity contribution is -0.128. The molecular weight excluding hydrogens is 700 g/mol. The van der Waals surface area contributed by atoms with Gasteiger partial charge in [0, 0.05) is 34.0 Å². The third-order valence-corrected chi connectivity index (χ3v) is 12.5. The van der Waals surface area contributed by atoms with Gasteiger partial charge in [0.1, 0.15) is 23.0 Å². The van der Waals surface area contributed by atoms with Gasteiger partial charge < -0.3 is 18.9 Å². The molecule has 0 saturated heterocycles. The number of hydrogen-bond donors (Lipinski definition) is 0. The van der Waals surface area contributed by atoms with E-state index in [1.807, 2.05) is 48.5 Å². The summed E-state index contributed by atoms with van der Waals surface area (Å²) in [5.41, 5.74) is 6.45. The summed E-state index contributed by atoms with van der Waals surface area (Å²) in [7, 11) is 4.73. The van der Waals surface area contributed by atoms with Crippen LogP contribution < -0.4 is 23.8 Å². The molecule has 2 aliphatic carbocycles. The summed E-state index contributed by atoms with van der Waals surface area (Å²) in [5.74, 6) is 2.25. The summed E-state index contributed by atoms with van der Waals surface area (Å²) in [4.78, 5) is 0.551. The molecule has 5 aromatic carbocycles. The van der Waals surface area contributed by atoms with Gasteiger partial charge in [0.15, 0.2) is 5.60 Å². The van der Waals surface area contributed by atoms with Crippen LogP contribution in [0.15, 0.2) is 84.9 Å². The van der Waals surface area contributed by atoms with Crippen LogP contribution in [0.3, 0.4) is 0 Å². The van der Waals surface area contributed by atoms with Crippen molar-refractivity contribution < 1.29 is 32.1 Å². The Morgan fingerprint density at radius 2 is 1.35 bits per heavy atom. The smallest absolute Gasteiger partial charge is 0.485 e. The molecule has 55 heavy (non-hydrogen) atoms. The molecule has 0 radical (unpaired) electrons. The average Bonchev–Trinajstić information content (AvgIpc) is 3.72. The van der Waals surface area contributed by atoms with E-state index in [-0.39, 0.29) is 35.2 Å². The SMILES string of the molecule is COc1ccc(C2(c3ccc(OC)cc3)C=Cc3c4c(c5c6c(c(OC)cc5c3O2)N(C(F)(F)F)CC6)-c2ccccc2C42CC(C)(C)CC(C)(C)C2)cc1. The summed E-state index contributed by atoms with van der Waals surface area (Å²) in [6.45, 7) is 9.25. The third-order valence-electron chi connectivity index (χ3n) is 12.5. The van der Waals surface area contributed by atoms with Gasteiger partial charge in [-0.15, -0.1) is 0 Å². The van der Waals surface area contributed by atoms with Gasteiger partial charge in [0.2, 0.25) is 0 Å². The molecule has 0 N–H and O–H groups in total. The fourth-order valence-corrected chi connectivity index (χ4v) is 11.3. The molecule has 9 rings (SSSR count). The predicted molar refractivity (Wildman–Crippen MR) is 212 cm³/mol. The van der Waals surface area contributed by atoms with Crippen LogP contribution in [0.5, 0.6) is 23.0 Å². The molecule has 0 bridgehead atoms. The standard InChI is InChI=1S/C47H46F3NO4/c1-43(2)25-44(3,4)27-45(26-43)36-11-9-8-10-32(36)39-38-33-21-23-51(47(48,49)50)41(33)37(54-7)24-35(38)42-34(40(39)45)20-22-46(55-42,28-12-16-30(52-5)17-13-28)29-14-18-31(53-6)19-15-29/h8-20,22,24H,21,23,25-27H2,1-7H3. The Morgan fingerprint density at radius 3 is 1.91 bits per heavy atom. The molecule has 5 aromatic rings. The molecule has 0 aromatic heterocycles. The molecule has 8 heteroatoms. The summed E-state index contributed by atoms with van der Waals surface area (Å²) in [6.07, 6.45) is 2.87. The lowest BCUT2D eigenvalue weighted by atomic mass is 9.52. The van der Waals surface area contributed by atoms with Crippen molar-refractivity contribution in [2.24, 2.45) is 10.8 Å². The highest BCUT2D eigenvalue weighted by Crippen LogP contribution is 2.68. The summed E-state index contributed by atoms with van der Waals surface area (Å²) < 4.78 is 69.0. The highest BCUT2D eigenvalue weighted by molar-refractivity contribution is 6.13. The van der Waals surface area contributed by atoms with Gasteiger partial charge in [-0.1, -0.05) is 82.3 Å². The normalized spacial score (nSPS) is 19.3. The molecule has 1 saturated carbocycles. The zero-order chi connectivity index (χ0) is 38.7. The number of benzene rings is 5. The van der Waals surface area contributed by atoms with Crippen molar-refractivity contribution in [1.82, 2.24) is 0 Å². The van der Waals surface area contributed by atoms with E-state index in [2.05, 4.69) is 64.1 Å². The number of hydrogen-bond acceptors (Lipinski definition) is 5. The maximum atomic E-state index is 14.8. The first-order chi connectivity index (χ1) is 26.1. The van der Waals surface area contributed by atoms with Crippen molar-refractivity contribution in [2.45, 2.75) is 70.7 Å². The quantitative estimate of drug-likeness (QED) is 0.168. The van der Waals surface area contributed by atoms with Crippen molar-refractivity contribution in [3.63, 3.8) is 0 Å². The van der Waals surface area contributed by atoms with Crippen LogP contribution in [-0.4, -0.2) is 34.2 Å². The first-order valence-corrected chi connectivity index (χ1v) is 19.0. The van der Waals surface area contributed by atoms with Crippen molar-refractivity contribution >= 4 is 22.5 Å². The second-order valence-electron chi connectivity index (χ2n) is 17.3. The van der Waals surface area contributed by atoms with E-state index in [1.54, 1.807) is 20.3 Å². The van der Waals surface area contributed by atoms with Crippen LogP contribution in [-0.2, 0) is 17.4 Å². The van der Waals surface area contributed by atoms with E-state index in [0.717, 1.165) is 63.4 Å². The molecule has 2 aliphatic heterocycles. The van der Waals surface area contributed by atoms with Crippen molar-refractivity contribution in [1.29, 1.82) is 0 Å². The number of halogens is 3. The average molecular weight is 746 g/mol. The molecule has 0 atom stereocenters. The molecule has 284 valence electrons. The van der Waals surface area contributed by atoms with E-state index in [9.17, 15) is 13.2 Å². The molecular formula is C47H46F3NO4. The van der Waals surface area contributed by atoms with Gasteiger partial charge in [-0.3, -0.25) is 4.90 Å². The van der Waals surface area contributed by atoms with Gasteiger partial charge in [0.05, 0.1) is 27.0 Å². The number of ether oxygens (including phenoxy) is 4. The zero-order valence-electron chi connectivity index (χ0n) is 32.4. The maximum absolute atomic E-state index is 14.8. The van der Waals surface area contributed by atoms with Gasteiger partial charge in [-0.2, -0.15) is 13.2 Å².